The SMILES string of the molecule is CCOc1ccc(CN[C@@H](CC)CO)cc1. The van der Waals surface area contributed by atoms with E-state index in [-0.39, 0.29) is 12.6 Å². The summed E-state index contributed by atoms with van der Waals surface area (Å²) < 4.78 is 5.37. The van der Waals surface area contributed by atoms with E-state index in [4.69, 9.17) is 9.84 Å². The molecular weight excluding hydrogens is 202 g/mol. The average molecular weight is 223 g/mol. The molecule has 1 atom stereocenters. The van der Waals surface area contributed by atoms with Gasteiger partial charge in [-0.2, -0.15) is 0 Å². The van der Waals surface area contributed by atoms with Gasteiger partial charge >= 0.3 is 0 Å². The van der Waals surface area contributed by atoms with E-state index in [0.717, 1.165) is 18.7 Å². The summed E-state index contributed by atoms with van der Waals surface area (Å²) in [5.41, 5.74) is 1.20. The van der Waals surface area contributed by atoms with Crippen molar-refractivity contribution < 1.29 is 9.84 Å². The molecule has 3 nitrogen and oxygen atoms in total. The summed E-state index contributed by atoms with van der Waals surface area (Å²) >= 11 is 0. The average Bonchev–Trinajstić information content (AvgIpc) is 2.33. The van der Waals surface area contributed by atoms with Gasteiger partial charge in [-0.25, -0.2) is 0 Å². The number of aliphatic hydroxyl groups excluding tert-OH is 1. The van der Waals surface area contributed by atoms with E-state index in [0.29, 0.717) is 6.61 Å². The molecule has 0 aliphatic heterocycles. The predicted molar refractivity (Wildman–Crippen MR) is 65.6 cm³/mol. The number of hydrogen-bond acceptors (Lipinski definition) is 3. The first-order valence-electron chi connectivity index (χ1n) is 5.86. The Morgan fingerprint density at radius 2 is 1.94 bits per heavy atom. The first kappa shape index (κ1) is 13.0. The van der Waals surface area contributed by atoms with Crippen LogP contribution in [0.2, 0.25) is 0 Å². The molecule has 2 N–H and O–H groups in total. The molecular formula is C13H21NO2. The smallest absolute Gasteiger partial charge is 0.119 e. The lowest BCUT2D eigenvalue weighted by Crippen LogP contribution is -2.31. The van der Waals surface area contributed by atoms with Crippen LogP contribution in [0.5, 0.6) is 5.75 Å². The predicted octanol–water partition coefficient (Wildman–Crippen LogP) is 1.95. The molecule has 3 heteroatoms. The zero-order valence-electron chi connectivity index (χ0n) is 10.1. The second-order valence-electron chi connectivity index (χ2n) is 3.75. The highest BCUT2D eigenvalue weighted by molar-refractivity contribution is 5.27. The van der Waals surface area contributed by atoms with E-state index < -0.39 is 0 Å². The molecule has 0 aromatic heterocycles. The molecule has 0 bridgehead atoms. The molecule has 0 spiro atoms. The van der Waals surface area contributed by atoms with E-state index in [1.165, 1.54) is 5.56 Å². The zero-order valence-corrected chi connectivity index (χ0v) is 10.1. The van der Waals surface area contributed by atoms with Crippen LogP contribution in [0.3, 0.4) is 0 Å². The van der Waals surface area contributed by atoms with Crippen molar-refractivity contribution in [2.75, 3.05) is 13.2 Å². The van der Waals surface area contributed by atoms with Crippen LogP contribution >= 0.6 is 0 Å². The van der Waals surface area contributed by atoms with Crippen molar-refractivity contribution in [3.05, 3.63) is 29.8 Å². The van der Waals surface area contributed by atoms with Gasteiger partial charge in [0.2, 0.25) is 0 Å². The van der Waals surface area contributed by atoms with Crippen LogP contribution in [-0.2, 0) is 6.54 Å². The minimum Gasteiger partial charge on any atom is -0.494 e. The molecule has 0 aliphatic carbocycles. The van der Waals surface area contributed by atoms with Gasteiger partial charge in [0.15, 0.2) is 0 Å². The fourth-order valence-corrected chi connectivity index (χ4v) is 1.47. The molecule has 0 unspecified atom stereocenters. The van der Waals surface area contributed by atoms with Gasteiger partial charge in [-0.1, -0.05) is 19.1 Å². The van der Waals surface area contributed by atoms with E-state index in [2.05, 4.69) is 12.2 Å². The van der Waals surface area contributed by atoms with Crippen LogP contribution in [-0.4, -0.2) is 24.4 Å². The maximum Gasteiger partial charge on any atom is 0.119 e. The van der Waals surface area contributed by atoms with E-state index in [9.17, 15) is 0 Å². The maximum atomic E-state index is 9.04. The van der Waals surface area contributed by atoms with Gasteiger partial charge in [-0.15, -0.1) is 0 Å². The Balaban J connectivity index is 2.42. The van der Waals surface area contributed by atoms with Gasteiger partial charge in [-0.05, 0) is 31.0 Å². The number of nitrogens with one attached hydrogen (secondary N) is 1. The number of hydrogen-bond donors (Lipinski definition) is 2. The van der Waals surface area contributed by atoms with Gasteiger partial charge in [0, 0.05) is 12.6 Å². The number of rotatable bonds is 7. The summed E-state index contributed by atoms with van der Waals surface area (Å²) in [6, 6.07) is 8.22. The normalized spacial score (nSPS) is 12.4. The molecule has 90 valence electrons. The largest absolute Gasteiger partial charge is 0.494 e. The van der Waals surface area contributed by atoms with Gasteiger partial charge in [-0.3, -0.25) is 0 Å². The van der Waals surface area contributed by atoms with E-state index in [1.54, 1.807) is 0 Å². The number of ether oxygens (including phenoxy) is 1. The van der Waals surface area contributed by atoms with Crippen molar-refractivity contribution in [3.63, 3.8) is 0 Å². The van der Waals surface area contributed by atoms with Gasteiger partial charge in [0.25, 0.3) is 0 Å². The lowest BCUT2D eigenvalue weighted by molar-refractivity contribution is 0.238. The van der Waals surface area contributed by atoms with Crippen molar-refractivity contribution in [2.45, 2.75) is 32.9 Å². The molecule has 0 radical (unpaired) electrons. The van der Waals surface area contributed by atoms with Crippen LogP contribution in [0.15, 0.2) is 24.3 Å². The molecule has 0 saturated carbocycles. The third-order valence-corrected chi connectivity index (χ3v) is 2.54. The fourth-order valence-electron chi connectivity index (χ4n) is 1.47. The summed E-state index contributed by atoms with van der Waals surface area (Å²) in [7, 11) is 0. The summed E-state index contributed by atoms with van der Waals surface area (Å²) in [5, 5.41) is 12.3. The molecule has 0 heterocycles. The molecule has 1 rings (SSSR count). The van der Waals surface area contributed by atoms with Crippen LogP contribution < -0.4 is 10.1 Å². The maximum absolute atomic E-state index is 9.04. The Labute approximate surface area is 97.4 Å². The Morgan fingerprint density at radius 1 is 1.25 bits per heavy atom. The Kier molecular flexibility index (Phi) is 5.90. The van der Waals surface area contributed by atoms with Crippen molar-refractivity contribution in [1.82, 2.24) is 5.32 Å². The third kappa shape index (κ3) is 4.21. The van der Waals surface area contributed by atoms with Crippen LogP contribution in [0.1, 0.15) is 25.8 Å². The third-order valence-electron chi connectivity index (χ3n) is 2.54. The molecule has 16 heavy (non-hydrogen) atoms. The lowest BCUT2D eigenvalue weighted by atomic mass is 10.2. The fraction of sp³-hybridized carbons (Fsp3) is 0.538. The van der Waals surface area contributed by atoms with Crippen molar-refractivity contribution in [1.29, 1.82) is 0 Å². The molecule has 0 amide bonds. The van der Waals surface area contributed by atoms with Crippen molar-refractivity contribution in [2.24, 2.45) is 0 Å². The molecule has 0 saturated heterocycles. The minimum absolute atomic E-state index is 0.187. The number of benzene rings is 1. The van der Waals surface area contributed by atoms with Crippen LogP contribution in [0.25, 0.3) is 0 Å². The van der Waals surface area contributed by atoms with Crippen molar-refractivity contribution in [3.8, 4) is 5.75 Å². The minimum atomic E-state index is 0.187. The zero-order chi connectivity index (χ0) is 11.8. The Morgan fingerprint density at radius 3 is 2.44 bits per heavy atom. The quantitative estimate of drug-likeness (QED) is 0.742. The van der Waals surface area contributed by atoms with Crippen LogP contribution in [0.4, 0.5) is 0 Å². The van der Waals surface area contributed by atoms with E-state index >= 15 is 0 Å². The molecule has 0 fully saturated rings. The first-order chi connectivity index (χ1) is 7.80. The van der Waals surface area contributed by atoms with E-state index in [1.807, 2.05) is 31.2 Å². The highest BCUT2D eigenvalue weighted by atomic mass is 16.5. The first-order valence-corrected chi connectivity index (χ1v) is 5.86. The topological polar surface area (TPSA) is 41.5 Å². The lowest BCUT2D eigenvalue weighted by Gasteiger charge is -2.14. The van der Waals surface area contributed by atoms with Gasteiger partial charge in [0.05, 0.1) is 13.2 Å². The Bertz CT molecular complexity index is 280. The second-order valence-corrected chi connectivity index (χ2v) is 3.75. The summed E-state index contributed by atoms with van der Waals surface area (Å²) in [5.74, 6) is 0.903. The second kappa shape index (κ2) is 7.25. The summed E-state index contributed by atoms with van der Waals surface area (Å²) in [6.45, 7) is 5.70. The number of aliphatic hydroxyl groups is 1. The molecule has 1 aromatic rings. The van der Waals surface area contributed by atoms with Gasteiger partial charge < -0.3 is 15.2 Å². The molecule has 1 aromatic carbocycles. The highest BCUT2D eigenvalue weighted by Gasteiger charge is 2.03. The Hall–Kier alpha value is -1.06. The molecule has 0 aliphatic rings. The van der Waals surface area contributed by atoms with Crippen LogP contribution in [0, 0.1) is 0 Å². The van der Waals surface area contributed by atoms with Crippen molar-refractivity contribution >= 4 is 0 Å². The highest BCUT2D eigenvalue weighted by Crippen LogP contribution is 2.12. The summed E-state index contributed by atoms with van der Waals surface area (Å²) in [4.78, 5) is 0. The standard InChI is InChI=1S/C13H21NO2/c1-3-12(10-15)14-9-11-5-7-13(8-6-11)16-4-2/h5-8,12,14-15H,3-4,9-10H2,1-2H3/t12-/m0/s1. The van der Waals surface area contributed by atoms with Gasteiger partial charge in [0.1, 0.15) is 5.75 Å². The monoisotopic (exact) mass is 223 g/mol. The summed E-state index contributed by atoms with van der Waals surface area (Å²) in [6.07, 6.45) is 0.938.